The highest BCUT2D eigenvalue weighted by Gasteiger charge is 2.24. The number of hydrogen-bond donors (Lipinski definition) is 2. The molecule has 5 heteroatoms. The standard InChI is InChI=1S/C18H24N2O3/c19-10-11-23-16-8-6-14(7-9-16)12-18(22)20-17-5-3-1-2-4-15(17)13-21/h6-9,15,17,21H,1-5,11-13H2,(H,20,22). The van der Waals surface area contributed by atoms with Gasteiger partial charge in [-0.05, 0) is 30.5 Å². The lowest BCUT2D eigenvalue weighted by molar-refractivity contribution is -0.121. The molecule has 0 aromatic heterocycles. The number of nitriles is 1. The van der Waals surface area contributed by atoms with Crippen LogP contribution in [0.25, 0.3) is 0 Å². The van der Waals surface area contributed by atoms with Gasteiger partial charge in [0.05, 0.1) is 6.42 Å². The molecule has 1 aromatic carbocycles. The van der Waals surface area contributed by atoms with Crippen molar-refractivity contribution in [2.75, 3.05) is 13.2 Å². The summed E-state index contributed by atoms with van der Waals surface area (Å²) in [6, 6.07) is 9.20. The van der Waals surface area contributed by atoms with E-state index in [-0.39, 0.29) is 31.1 Å². The Morgan fingerprint density at radius 3 is 2.70 bits per heavy atom. The second kappa shape index (κ2) is 9.16. The van der Waals surface area contributed by atoms with E-state index in [2.05, 4.69) is 5.32 Å². The van der Waals surface area contributed by atoms with Crippen molar-refractivity contribution < 1.29 is 14.6 Å². The van der Waals surface area contributed by atoms with Crippen molar-refractivity contribution >= 4 is 5.91 Å². The van der Waals surface area contributed by atoms with E-state index < -0.39 is 0 Å². The minimum Gasteiger partial charge on any atom is -0.479 e. The lowest BCUT2D eigenvalue weighted by atomic mass is 9.95. The molecule has 1 aliphatic carbocycles. The average molecular weight is 316 g/mol. The third-order valence-electron chi connectivity index (χ3n) is 4.33. The molecule has 0 heterocycles. The van der Waals surface area contributed by atoms with E-state index in [9.17, 15) is 9.90 Å². The summed E-state index contributed by atoms with van der Waals surface area (Å²) in [5.41, 5.74) is 0.904. The third kappa shape index (κ3) is 5.57. The number of ether oxygens (including phenoxy) is 1. The molecular weight excluding hydrogens is 292 g/mol. The van der Waals surface area contributed by atoms with Crippen LogP contribution in [0, 0.1) is 17.2 Å². The Morgan fingerprint density at radius 2 is 2.00 bits per heavy atom. The fraction of sp³-hybridized carbons (Fsp3) is 0.556. The number of carbonyl (C=O) groups excluding carboxylic acids is 1. The van der Waals surface area contributed by atoms with Crippen LogP contribution < -0.4 is 10.1 Å². The van der Waals surface area contributed by atoms with E-state index in [1.807, 2.05) is 18.2 Å². The zero-order chi connectivity index (χ0) is 16.5. The summed E-state index contributed by atoms with van der Waals surface area (Å²) in [6.07, 6.45) is 5.64. The summed E-state index contributed by atoms with van der Waals surface area (Å²) in [4.78, 5) is 12.2. The first kappa shape index (κ1) is 17.3. The van der Waals surface area contributed by atoms with Gasteiger partial charge in [-0.25, -0.2) is 0 Å². The van der Waals surface area contributed by atoms with Gasteiger partial charge in [0.1, 0.15) is 11.8 Å². The van der Waals surface area contributed by atoms with Gasteiger partial charge in [0.15, 0.2) is 6.61 Å². The predicted molar refractivity (Wildman–Crippen MR) is 86.8 cm³/mol. The molecule has 2 rings (SSSR count). The molecule has 0 bridgehead atoms. The highest BCUT2D eigenvalue weighted by atomic mass is 16.5. The molecule has 2 unspecified atom stereocenters. The molecule has 1 aliphatic rings. The van der Waals surface area contributed by atoms with Crippen molar-refractivity contribution in [2.45, 2.75) is 44.6 Å². The van der Waals surface area contributed by atoms with Gasteiger partial charge in [-0.15, -0.1) is 0 Å². The number of rotatable bonds is 6. The Labute approximate surface area is 137 Å². The molecule has 2 N–H and O–H groups in total. The maximum Gasteiger partial charge on any atom is 0.224 e. The van der Waals surface area contributed by atoms with E-state index in [1.54, 1.807) is 12.1 Å². The Bertz CT molecular complexity index is 536. The quantitative estimate of drug-likeness (QED) is 0.788. The summed E-state index contributed by atoms with van der Waals surface area (Å²) in [5, 5.41) is 21.1. The third-order valence-corrected chi connectivity index (χ3v) is 4.33. The normalized spacial score (nSPS) is 21.0. The minimum atomic E-state index is -0.0129. The van der Waals surface area contributed by atoms with Gasteiger partial charge in [0.2, 0.25) is 5.91 Å². The van der Waals surface area contributed by atoms with Crippen molar-refractivity contribution in [3.05, 3.63) is 29.8 Å². The molecule has 0 radical (unpaired) electrons. The highest BCUT2D eigenvalue weighted by Crippen LogP contribution is 2.23. The number of aliphatic hydroxyl groups is 1. The Morgan fingerprint density at radius 1 is 1.26 bits per heavy atom. The second-order valence-electron chi connectivity index (χ2n) is 6.02. The van der Waals surface area contributed by atoms with Gasteiger partial charge in [-0.3, -0.25) is 4.79 Å². The molecule has 1 saturated carbocycles. The van der Waals surface area contributed by atoms with Crippen molar-refractivity contribution in [1.82, 2.24) is 5.32 Å². The zero-order valence-electron chi connectivity index (χ0n) is 13.3. The van der Waals surface area contributed by atoms with Crippen LogP contribution in [0.5, 0.6) is 5.75 Å². The van der Waals surface area contributed by atoms with Gasteiger partial charge in [-0.2, -0.15) is 5.26 Å². The van der Waals surface area contributed by atoms with E-state index in [1.165, 1.54) is 6.42 Å². The number of benzene rings is 1. The largest absolute Gasteiger partial charge is 0.479 e. The van der Waals surface area contributed by atoms with E-state index in [0.29, 0.717) is 12.2 Å². The van der Waals surface area contributed by atoms with Crippen molar-refractivity contribution in [3.8, 4) is 11.8 Å². The monoisotopic (exact) mass is 316 g/mol. The summed E-state index contributed by atoms with van der Waals surface area (Å²) in [6.45, 7) is 0.153. The van der Waals surface area contributed by atoms with Crippen LogP contribution in [0.4, 0.5) is 0 Å². The van der Waals surface area contributed by atoms with E-state index >= 15 is 0 Å². The topological polar surface area (TPSA) is 82.3 Å². The summed E-state index contributed by atoms with van der Waals surface area (Å²) in [7, 11) is 0. The van der Waals surface area contributed by atoms with Crippen LogP contribution in [0.15, 0.2) is 24.3 Å². The molecule has 0 spiro atoms. The Kier molecular flexibility index (Phi) is 6.89. The highest BCUT2D eigenvalue weighted by molar-refractivity contribution is 5.78. The molecule has 1 amide bonds. The van der Waals surface area contributed by atoms with Gasteiger partial charge in [-0.1, -0.05) is 31.4 Å². The molecule has 0 aliphatic heterocycles. The molecule has 1 fully saturated rings. The van der Waals surface area contributed by atoms with E-state index in [4.69, 9.17) is 10.00 Å². The van der Waals surface area contributed by atoms with Gasteiger partial charge in [0, 0.05) is 18.6 Å². The van der Waals surface area contributed by atoms with Crippen molar-refractivity contribution in [1.29, 1.82) is 5.26 Å². The molecule has 0 saturated heterocycles. The van der Waals surface area contributed by atoms with Crippen LogP contribution in [0.1, 0.15) is 37.7 Å². The maximum atomic E-state index is 12.2. The van der Waals surface area contributed by atoms with E-state index in [0.717, 1.165) is 31.2 Å². The first-order valence-electron chi connectivity index (χ1n) is 8.22. The molecule has 2 atom stereocenters. The fourth-order valence-corrected chi connectivity index (χ4v) is 3.06. The predicted octanol–water partition coefficient (Wildman–Crippen LogP) is 2.19. The van der Waals surface area contributed by atoms with Gasteiger partial charge in [0.25, 0.3) is 0 Å². The fourth-order valence-electron chi connectivity index (χ4n) is 3.06. The lowest BCUT2D eigenvalue weighted by Crippen LogP contribution is -2.41. The molecule has 23 heavy (non-hydrogen) atoms. The number of aliphatic hydroxyl groups excluding tert-OH is 1. The first-order valence-corrected chi connectivity index (χ1v) is 8.22. The van der Waals surface area contributed by atoms with Gasteiger partial charge < -0.3 is 15.2 Å². The van der Waals surface area contributed by atoms with Crippen LogP contribution in [-0.2, 0) is 11.2 Å². The number of nitrogens with one attached hydrogen (secondary N) is 1. The van der Waals surface area contributed by atoms with Crippen LogP contribution >= 0.6 is 0 Å². The SMILES string of the molecule is N#CCOc1ccc(CC(=O)NC2CCCCCC2CO)cc1. The molecular formula is C18H24N2O3. The number of nitrogens with zero attached hydrogens (tertiary/aromatic N) is 1. The summed E-state index contributed by atoms with van der Waals surface area (Å²) < 4.78 is 5.19. The van der Waals surface area contributed by atoms with Crippen LogP contribution in [-0.4, -0.2) is 30.3 Å². The first-order chi connectivity index (χ1) is 11.2. The minimum absolute atomic E-state index is 0.0129. The van der Waals surface area contributed by atoms with Crippen LogP contribution in [0.2, 0.25) is 0 Å². The summed E-state index contributed by atoms with van der Waals surface area (Å²) in [5.74, 6) is 0.782. The van der Waals surface area contributed by atoms with Crippen molar-refractivity contribution in [3.63, 3.8) is 0 Å². The summed E-state index contributed by atoms with van der Waals surface area (Å²) >= 11 is 0. The Hall–Kier alpha value is -2.06. The maximum absolute atomic E-state index is 12.2. The second-order valence-corrected chi connectivity index (χ2v) is 6.02. The number of amides is 1. The van der Waals surface area contributed by atoms with Crippen molar-refractivity contribution in [2.24, 2.45) is 5.92 Å². The molecule has 1 aromatic rings. The number of hydrogen-bond acceptors (Lipinski definition) is 4. The lowest BCUT2D eigenvalue weighted by Gasteiger charge is -2.24. The molecule has 124 valence electrons. The van der Waals surface area contributed by atoms with Gasteiger partial charge >= 0.3 is 0 Å². The number of carbonyl (C=O) groups is 1. The smallest absolute Gasteiger partial charge is 0.224 e. The Balaban J connectivity index is 1.87. The average Bonchev–Trinajstić information content (AvgIpc) is 2.79. The van der Waals surface area contributed by atoms with Crippen LogP contribution in [0.3, 0.4) is 0 Å². The molecule has 5 nitrogen and oxygen atoms in total. The zero-order valence-corrected chi connectivity index (χ0v) is 13.3.